The average Bonchev–Trinajstić information content (AvgIpc) is 2.02. The highest BCUT2D eigenvalue weighted by atomic mass is 35.5. The van der Waals surface area contributed by atoms with Gasteiger partial charge in [0.25, 0.3) is 5.92 Å². The monoisotopic (exact) mass is 244 g/mol. The molecule has 0 aromatic carbocycles. The fraction of sp³-hybridized carbons (Fsp3) is 1.00. The molecule has 1 saturated carbocycles. The summed E-state index contributed by atoms with van der Waals surface area (Å²) in [6, 6.07) is 0. The summed E-state index contributed by atoms with van der Waals surface area (Å²) in [6.45, 7) is 0. The first kappa shape index (κ1) is 11.9. The average molecular weight is 245 g/mol. The summed E-state index contributed by atoms with van der Waals surface area (Å²) in [4.78, 5) is 0. The van der Waals surface area contributed by atoms with Crippen LogP contribution in [-0.4, -0.2) is 29.3 Å². The molecule has 0 N–H and O–H groups in total. The van der Waals surface area contributed by atoms with E-state index in [2.05, 4.69) is 11.6 Å². The van der Waals surface area contributed by atoms with E-state index in [1.165, 1.54) is 0 Å². The van der Waals surface area contributed by atoms with E-state index in [0.29, 0.717) is 0 Å². The van der Waals surface area contributed by atoms with Crippen LogP contribution in [-0.2, 0) is 0 Å². The standard InChI is InChI=1S/C6H4ClF7/c7-3(9)6(13,14)4(10)1-5(11,12)2(4)8/h2-3H,1H2. The van der Waals surface area contributed by atoms with Crippen molar-refractivity contribution >= 4 is 11.6 Å². The molecule has 1 aliphatic rings. The molecule has 0 spiro atoms. The molecule has 0 nitrogen and oxygen atoms in total. The Morgan fingerprint density at radius 1 is 1.29 bits per heavy atom. The fourth-order valence-corrected chi connectivity index (χ4v) is 1.38. The van der Waals surface area contributed by atoms with Crippen molar-refractivity contribution in [2.24, 2.45) is 0 Å². The number of rotatable bonds is 2. The van der Waals surface area contributed by atoms with Gasteiger partial charge in [-0.15, -0.1) is 0 Å². The van der Waals surface area contributed by atoms with Gasteiger partial charge >= 0.3 is 5.92 Å². The predicted molar refractivity (Wildman–Crippen MR) is 34.0 cm³/mol. The first-order valence-electron chi connectivity index (χ1n) is 3.42. The molecule has 84 valence electrons. The minimum Gasteiger partial charge on any atom is -0.237 e. The lowest BCUT2D eigenvalue weighted by Crippen LogP contribution is -2.71. The van der Waals surface area contributed by atoms with Crippen molar-refractivity contribution in [3.05, 3.63) is 0 Å². The van der Waals surface area contributed by atoms with Gasteiger partial charge in [-0.3, -0.25) is 0 Å². The maximum Gasteiger partial charge on any atom is 0.328 e. The zero-order valence-electron chi connectivity index (χ0n) is 6.39. The zero-order chi connectivity index (χ0) is 11.4. The van der Waals surface area contributed by atoms with E-state index in [4.69, 9.17) is 0 Å². The molecule has 0 amide bonds. The molecule has 0 heterocycles. The van der Waals surface area contributed by atoms with Crippen molar-refractivity contribution in [1.82, 2.24) is 0 Å². The molecular formula is C6H4ClF7. The van der Waals surface area contributed by atoms with E-state index in [-0.39, 0.29) is 0 Å². The fourth-order valence-electron chi connectivity index (χ4n) is 1.19. The molecule has 0 aromatic rings. The van der Waals surface area contributed by atoms with Crippen LogP contribution < -0.4 is 0 Å². The molecular weight excluding hydrogens is 241 g/mol. The molecule has 1 fully saturated rings. The molecule has 3 unspecified atom stereocenters. The molecule has 0 radical (unpaired) electrons. The van der Waals surface area contributed by atoms with Crippen LogP contribution in [0.3, 0.4) is 0 Å². The van der Waals surface area contributed by atoms with Gasteiger partial charge < -0.3 is 0 Å². The minimum absolute atomic E-state index is 2.07. The van der Waals surface area contributed by atoms with Gasteiger partial charge in [0.2, 0.25) is 17.5 Å². The SMILES string of the molecule is FC(Cl)C(F)(F)C1(F)CC(F)(F)C1F. The summed E-state index contributed by atoms with van der Waals surface area (Å²) in [5.41, 5.74) is -7.76. The van der Waals surface area contributed by atoms with Gasteiger partial charge in [0.15, 0.2) is 0 Å². The zero-order valence-corrected chi connectivity index (χ0v) is 7.14. The summed E-state index contributed by atoms with van der Waals surface area (Å²) in [5.74, 6) is -9.15. The van der Waals surface area contributed by atoms with E-state index >= 15 is 0 Å². The summed E-state index contributed by atoms with van der Waals surface area (Å²) in [6.07, 6.45) is -5.80. The Bertz CT molecular complexity index is 240. The summed E-state index contributed by atoms with van der Waals surface area (Å²) in [7, 11) is 0. The highest BCUT2D eigenvalue weighted by Crippen LogP contribution is 2.58. The van der Waals surface area contributed by atoms with Crippen molar-refractivity contribution in [3.63, 3.8) is 0 Å². The molecule has 14 heavy (non-hydrogen) atoms. The number of hydrogen-bond acceptors (Lipinski definition) is 0. The van der Waals surface area contributed by atoms with Crippen molar-refractivity contribution < 1.29 is 30.7 Å². The van der Waals surface area contributed by atoms with Gasteiger partial charge in [0, 0.05) is 0 Å². The van der Waals surface area contributed by atoms with Crippen LogP contribution in [0.5, 0.6) is 0 Å². The van der Waals surface area contributed by atoms with Gasteiger partial charge in [0.1, 0.15) is 0 Å². The first-order chi connectivity index (χ1) is 6.06. The number of halogens is 8. The smallest absolute Gasteiger partial charge is 0.237 e. The van der Waals surface area contributed by atoms with Crippen LogP contribution in [0, 0.1) is 0 Å². The third kappa shape index (κ3) is 1.28. The maximum absolute atomic E-state index is 12.9. The normalized spacial score (nSPS) is 39.0. The van der Waals surface area contributed by atoms with E-state index < -0.39 is 35.7 Å². The lowest BCUT2D eigenvalue weighted by Gasteiger charge is -2.47. The van der Waals surface area contributed by atoms with Gasteiger partial charge in [-0.1, -0.05) is 11.6 Å². The van der Waals surface area contributed by atoms with Gasteiger partial charge in [0.05, 0.1) is 6.42 Å². The molecule has 1 rings (SSSR count). The summed E-state index contributed by atoms with van der Waals surface area (Å²) in [5, 5.41) is 0. The van der Waals surface area contributed by atoms with Crippen LogP contribution in [0.2, 0.25) is 0 Å². The van der Waals surface area contributed by atoms with Crippen molar-refractivity contribution in [2.75, 3.05) is 0 Å². The van der Waals surface area contributed by atoms with Crippen LogP contribution in [0.1, 0.15) is 6.42 Å². The second-order valence-corrected chi connectivity index (χ2v) is 3.47. The molecule has 1 aliphatic carbocycles. The van der Waals surface area contributed by atoms with Crippen molar-refractivity contribution in [2.45, 2.75) is 35.7 Å². The Hall–Kier alpha value is -0.200. The third-order valence-electron chi connectivity index (χ3n) is 2.09. The molecule has 8 heteroatoms. The minimum atomic E-state index is -4.96. The van der Waals surface area contributed by atoms with E-state index in [0.717, 1.165) is 0 Å². The molecule has 0 aromatic heterocycles. The van der Waals surface area contributed by atoms with Gasteiger partial charge in [-0.25, -0.2) is 22.0 Å². The Kier molecular flexibility index (Phi) is 2.46. The lowest BCUT2D eigenvalue weighted by atomic mass is 9.72. The summed E-state index contributed by atoms with van der Waals surface area (Å²) < 4.78 is 86.5. The van der Waals surface area contributed by atoms with Crippen molar-refractivity contribution in [1.29, 1.82) is 0 Å². The van der Waals surface area contributed by atoms with Gasteiger partial charge in [-0.05, 0) is 0 Å². The third-order valence-corrected chi connectivity index (χ3v) is 2.37. The maximum atomic E-state index is 12.9. The highest BCUT2D eigenvalue weighted by molar-refractivity contribution is 6.20. The number of alkyl halides is 8. The van der Waals surface area contributed by atoms with Crippen LogP contribution in [0.4, 0.5) is 30.7 Å². The Morgan fingerprint density at radius 2 is 1.71 bits per heavy atom. The molecule has 3 atom stereocenters. The Morgan fingerprint density at radius 3 is 1.93 bits per heavy atom. The van der Waals surface area contributed by atoms with E-state index in [1.54, 1.807) is 0 Å². The topological polar surface area (TPSA) is 0 Å². The Labute approximate surface area is 79.0 Å². The van der Waals surface area contributed by atoms with Crippen LogP contribution >= 0.6 is 11.6 Å². The highest BCUT2D eigenvalue weighted by Gasteiger charge is 2.80. The van der Waals surface area contributed by atoms with E-state index in [9.17, 15) is 30.7 Å². The van der Waals surface area contributed by atoms with Crippen LogP contribution in [0.15, 0.2) is 0 Å². The Balaban J connectivity index is 2.90. The molecule has 0 aliphatic heterocycles. The molecule has 0 bridgehead atoms. The second-order valence-electron chi connectivity index (χ2n) is 3.09. The second kappa shape index (κ2) is 2.90. The van der Waals surface area contributed by atoms with Crippen LogP contribution in [0.25, 0.3) is 0 Å². The van der Waals surface area contributed by atoms with Crippen molar-refractivity contribution in [3.8, 4) is 0 Å². The van der Waals surface area contributed by atoms with E-state index in [1.807, 2.05) is 0 Å². The largest absolute Gasteiger partial charge is 0.328 e. The number of hydrogen-bond donors (Lipinski definition) is 0. The quantitative estimate of drug-likeness (QED) is 0.517. The molecule has 0 saturated heterocycles. The first-order valence-corrected chi connectivity index (χ1v) is 3.86. The lowest BCUT2D eigenvalue weighted by molar-refractivity contribution is -0.313. The van der Waals surface area contributed by atoms with Gasteiger partial charge in [-0.2, -0.15) is 8.78 Å². The predicted octanol–water partition coefficient (Wildman–Crippen LogP) is 3.24. The summed E-state index contributed by atoms with van der Waals surface area (Å²) >= 11 is 4.26.